The van der Waals surface area contributed by atoms with E-state index < -0.39 is 6.23 Å². The van der Waals surface area contributed by atoms with Gasteiger partial charge < -0.3 is 24.7 Å². The van der Waals surface area contributed by atoms with E-state index in [1.165, 1.54) is 0 Å². The summed E-state index contributed by atoms with van der Waals surface area (Å²) in [5, 5.41) is 9.98. The highest BCUT2D eigenvalue weighted by molar-refractivity contribution is 5.50. The monoisotopic (exact) mass is 436 g/mol. The third-order valence-electron chi connectivity index (χ3n) is 5.86. The maximum absolute atomic E-state index is 9.98. The van der Waals surface area contributed by atoms with Gasteiger partial charge in [-0.1, -0.05) is 24.3 Å². The number of rotatable bonds is 7. The zero-order chi connectivity index (χ0) is 22.7. The molecule has 0 spiro atoms. The molecule has 168 valence electrons. The first-order chi connectivity index (χ1) is 15.6. The summed E-state index contributed by atoms with van der Waals surface area (Å²) < 4.78 is 23.2. The molecule has 0 aromatic heterocycles. The van der Waals surface area contributed by atoms with Crippen molar-refractivity contribution >= 4 is 0 Å². The molecule has 4 rings (SSSR count). The molecule has 0 saturated carbocycles. The fraction of sp³-hybridized carbons (Fsp3) is 0.375. The first-order valence-corrected chi connectivity index (χ1v) is 10.7. The molecular weight excluding hydrogens is 408 g/mol. The normalized spacial score (nSPS) is 24.3. The Bertz CT molecular complexity index is 1050. The highest BCUT2D eigenvalue weighted by Gasteiger charge is 2.50. The van der Waals surface area contributed by atoms with Gasteiger partial charge in [-0.25, -0.2) is 10.9 Å². The first-order valence-electron chi connectivity index (χ1n) is 10.7. The lowest BCUT2D eigenvalue weighted by Gasteiger charge is -2.36. The molecule has 0 aliphatic carbocycles. The molecular formula is C24H28N4O4. The second-order valence-corrected chi connectivity index (χ2v) is 7.56. The second-order valence-electron chi connectivity index (χ2n) is 7.56. The van der Waals surface area contributed by atoms with Gasteiger partial charge in [0.15, 0.2) is 6.23 Å². The van der Waals surface area contributed by atoms with E-state index in [0.717, 1.165) is 22.6 Å². The van der Waals surface area contributed by atoms with Crippen molar-refractivity contribution in [3.63, 3.8) is 0 Å². The number of para-hydroxylation sites is 1. The van der Waals surface area contributed by atoms with Crippen LogP contribution in [0.2, 0.25) is 0 Å². The van der Waals surface area contributed by atoms with Gasteiger partial charge in [0, 0.05) is 29.0 Å². The Balaban J connectivity index is 1.83. The number of benzene rings is 2. The lowest BCUT2D eigenvalue weighted by atomic mass is 9.73. The number of nitrogens with two attached hydrogens (primary N) is 1. The standard InChI is InChI=1S/C24H28N4O4/c1-4-30-14-10-11-16(19(12-14)31-5-2)22-21-20(15-8-6-7-9-18(15)29-3)17(13-25)23(26)32-24(21)28-27-22/h6-12,20-22,24,27-28H,4-5,26H2,1-3H3. The molecule has 2 aromatic rings. The Kier molecular flexibility index (Phi) is 6.40. The SMILES string of the molecule is CCOc1ccc(C2NNC3OC(N)=C(C#N)C(c4ccccc4OC)C32)c(OCC)c1. The van der Waals surface area contributed by atoms with Crippen LogP contribution < -0.4 is 30.8 Å². The lowest BCUT2D eigenvalue weighted by molar-refractivity contribution is 0.0336. The smallest absolute Gasteiger partial charge is 0.200 e. The van der Waals surface area contributed by atoms with Crippen molar-refractivity contribution in [2.75, 3.05) is 20.3 Å². The number of nitrogens with one attached hydrogen (secondary N) is 2. The average molecular weight is 437 g/mol. The summed E-state index contributed by atoms with van der Waals surface area (Å²) in [5.74, 6) is 1.75. The van der Waals surface area contributed by atoms with E-state index in [0.29, 0.717) is 24.5 Å². The third-order valence-corrected chi connectivity index (χ3v) is 5.86. The Labute approximate surface area is 187 Å². The number of hydrogen-bond acceptors (Lipinski definition) is 8. The largest absolute Gasteiger partial charge is 0.496 e. The van der Waals surface area contributed by atoms with Gasteiger partial charge >= 0.3 is 0 Å². The number of hydrogen-bond donors (Lipinski definition) is 3. The van der Waals surface area contributed by atoms with Gasteiger partial charge in [0.05, 0.1) is 31.9 Å². The number of nitrogens with zero attached hydrogens (tertiary/aromatic N) is 1. The zero-order valence-corrected chi connectivity index (χ0v) is 18.4. The number of nitriles is 1. The summed E-state index contributed by atoms with van der Waals surface area (Å²) in [6, 6.07) is 15.6. The van der Waals surface area contributed by atoms with E-state index >= 15 is 0 Å². The van der Waals surface area contributed by atoms with Crippen LogP contribution >= 0.6 is 0 Å². The minimum atomic E-state index is -0.437. The molecule has 1 saturated heterocycles. The Morgan fingerprint density at radius 2 is 1.81 bits per heavy atom. The van der Waals surface area contributed by atoms with Crippen LogP contribution in [0, 0.1) is 17.2 Å². The highest BCUT2D eigenvalue weighted by atomic mass is 16.5. The molecule has 2 aliphatic heterocycles. The summed E-state index contributed by atoms with van der Waals surface area (Å²) in [5.41, 5.74) is 14.9. The summed E-state index contributed by atoms with van der Waals surface area (Å²) >= 11 is 0. The molecule has 4 N–H and O–H groups in total. The summed E-state index contributed by atoms with van der Waals surface area (Å²) in [4.78, 5) is 0. The quantitative estimate of drug-likeness (QED) is 0.607. The van der Waals surface area contributed by atoms with Crippen molar-refractivity contribution in [3.05, 3.63) is 65.0 Å². The van der Waals surface area contributed by atoms with Gasteiger partial charge in [-0.15, -0.1) is 0 Å². The minimum absolute atomic E-state index is 0.122. The summed E-state index contributed by atoms with van der Waals surface area (Å²) in [6.45, 7) is 4.97. The van der Waals surface area contributed by atoms with Gasteiger partial charge in [-0.3, -0.25) is 0 Å². The average Bonchev–Trinajstić information content (AvgIpc) is 3.22. The van der Waals surface area contributed by atoms with Crippen LogP contribution in [0.3, 0.4) is 0 Å². The van der Waals surface area contributed by atoms with Crippen LogP contribution in [0.25, 0.3) is 0 Å². The van der Waals surface area contributed by atoms with Gasteiger partial charge in [0.2, 0.25) is 5.88 Å². The number of ether oxygens (including phenoxy) is 4. The number of hydrazine groups is 1. The molecule has 32 heavy (non-hydrogen) atoms. The molecule has 2 aliphatic rings. The maximum Gasteiger partial charge on any atom is 0.200 e. The van der Waals surface area contributed by atoms with Crippen LogP contribution in [0.5, 0.6) is 17.2 Å². The van der Waals surface area contributed by atoms with Crippen molar-refractivity contribution in [2.24, 2.45) is 11.7 Å². The minimum Gasteiger partial charge on any atom is -0.496 e. The Morgan fingerprint density at radius 1 is 1.03 bits per heavy atom. The molecule has 0 radical (unpaired) electrons. The van der Waals surface area contributed by atoms with E-state index in [-0.39, 0.29) is 23.8 Å². The van der Waals surface area contributed by atoms with E-state index in [1.807, 2.05) is 56.3 Å². The molecule has 8 heteroatoms. The van der Waals surface area contributed by atoms with Crippen molar-refractivity contribution in [3.8, 4) is 23.3 Å². The fourth-order valence-corrected chi connectivity index (χ4v) is 4.56. The fourth-order valence-electron chi connectivity index (χ4n) is 4.56. The molecule has 4 atom stereocenters. The molecule has 2 aromatic carbocycles. The third kappa shape index (κ3) is 3.81. The maximum atomic E-state index is 9.98. The first kappa shape index (κ1) is 21.8. The molecule has 2 heterocycles. The molecule has 8 nitrogen and oxygen atoms in total. The van der Waals surface area contributed by atoms with Crippen molar-refractivity contribution in [1.82, 2.24) is 10.9 Å². The number of fused-ring (bicyclic) bond motifs is 1. The molecule has 0 amide bonds. The summed E-state index contributed by atoms with van der Waals surface area (Å²) in [7, 11) is 1.62. The van der Waals surface area contributed by atoms with E-state index in [9.17, 15) is 5.26 Å². The Hall–Kier alpha value is -3.41. The zero-order valence-electron chi connectivity index (χ0n) is 18.4. The lowest BCUT2D eigenvalue weighted by Crippen LogP contribution is -2.41. The van der Waals surface area contributed by atoms with Crippen LogP contribution in [0.1, 0.15) is 36.9 Å². The number of allylic oxidation sites excluding steroid dienone is 1. The topological polar surface area (TPSA) is 111 Å². The van der Waals surface area contributed by atoms with Crippen molar-refractivity contribution in [1.29, 1.82) is 5.26 Å². The van der Waals surface area contributed by atoms with Crippen molar-refractivity contribution < 1.29 is 18.9 Å². The summed E-state index contributed by atoms with van der Waals surface area (Å²) in [6.07, 6.45) is -0.437. The van der Waals surface area contributed by atoms with E-state index in [2.05, 4.69) is 16.9 Å². The van der Waals surface area contributed by atoms with E-state index in [1.54, 1.807) is 7.11 Å². The van der Waals surface area contributed by atoms with Crippen LogP contribution in [-0.4, -0.2) is 26.6 Å². The molecule has 1 fully saturated rings. The predicted octanol–water partition coefficient (Wildman–Crippen LogP) is 3.09. The van der Waals surface area contributed by atoms with Gasteiger partial charge in [0.1, 0.15) is 23.3 Å². The van der Waals surface area contributed by atoms with Crippen LogP contribution in [-0.2, 0) is 4.74 Å². The predicted molar refractivity (Wildman–Crippen MR) is 119 cm³/mol. The van der Waals surface area contributed by atoms with Gasteiger partial charge in [-0.2, -0.15) is 5.26 Å². The van der Waals surface area contributed by atoms with Crippen LogP contribution in [0.4, 0.5) is 0 Å². The van der Waals surface area contributed by atoms with Crippen molar-refractivity contribution in [2.45, 2.75) is 32.0 Å². The Morgan fingerprint density at radius 3 is 2.53 bits per heavy atom. The highest BCUT2D eigenvalue weighted by Crippen LogP contribution is 2.50. The van der Waals surface area contributed by atoms with Gasteiger partial charge in [-0.05, 0) is 26.0 Å². The van der Waals surface area contributed by atoms with Crippen LogP contribution in [0.15, 0.2) is 53.9 Å². The number of methoxy groups -OCH3 is 1. The van der Waals surface area contributed by atoms with Gasteiger partial charge in [0.25, 0.3) is 0 Å². The molecule has 4 unspecified atom stereocenters. The second kappa shape index (κ2) is 9.39. The van der Waals surface area contributed by atoms with E-state index in [4.69, 9.17) is 24.7 Å². The molecule has 0 bridgehead atoms.